The third-order valence-corrected chi connectivity index (χ3v) is 2.29. The van der Waals surface area contributed by atoms with Crippen molar-refractivity contribution in [3.63, 3.8) is 0 Å². The molecule has 1 nitrogen and oxygen atoms in total. The molecule has 0 saturated carbocycles. The van der Waals surface area contributed by atoms with Crippen LogP contribution in [0.1, 0.15) is 36.7 Å². The summed E-state index contributed by atoms with van der Waals surface area (Å²) < 4.78 is 0. The Hall–Kier alpha value is -1.08. The minimum absolute atomic E-state index is 0.0649. The largest absolute Gasteiger partial charge is 0.294 e. The third kappa shape index (κ3) is 3.52. The maximum Gasteiger partial charge on any atom is 0.160 e. The zero-order valence-electron chi connectivity index (χ0n) is 9.25. The summed E-state index contributed by atoms with van der Waals surface area (Å²) in [5.41, 5.74) is 1.61. The number of hydrogen-bond acceptors (Lipinski definition) is 1. The van der Waals surface area contributed by atoms with Crippen LogP contribution in [0.15, 0.2) is 24.3 Å². The molecule has 0 aliphatic carbocycles. The second-order valence-electron chi connectivity index (χ2n) is 3.89. The van der Waals surface area contributed by atoms with Gasteiger partial charge >= 0.3 is 0 Å². The summed E-state index contributed by atoms with van der Waals surface area (Å²) in [6, 6.07) is 5.33. The first kappa shape index (κ1) is 12.0. The zero-order valence-corrected chi connectivity index (χ0v) is 10.0. The van der Waals surface area contributed by atoms with Crippen LogP contribution in [0.2, 0.25) is 5.02 Å². The van der Waals surface area contributed by atoms with E-state index < -0.39 is 0 Å². The van der Waals surface area contributed by atoms with Crippen LogP contribution in [0.4, 0.5) is 0 Å². The number of allylic oxidation sites excluding steroid dienone is 1. The number of ketones is 1. The molecule has 0 saturated heterocycles. The summed E-state index contributed by atoms with van der Waals surface area (Å²) in [5, 5.41) is 0.656. The minimum Gasteiger partial charge on any atom is -0.294 e. The van der Waals surface area contributed by atoms with E-state index in [1.165, 1.54) is 0 Å². The average Bonchev–Trinajstić information content (AvgIpc) is 2.14. The van der Waals surface area contributed by atoms with E-state index in [0.29, 0.717) is 10.9 Å². The van der Waals surface area contributed by atoms with E-state index in [0.717, 1.165) is 11.1 Å². The van der Waals surface area contributed by atoms with Crippen molar-refractivity contribution in [2.24, 2.45) is 5.92 Å². The summed E-state index contributed by atoms with van der Waals surface area (Å²) in [5.74, 6) is 0.527. The first-order valence-corrected chi connectivity index (χ1v) is 5.37. The van der Waals surface area contributed by atoms with Crippen LogP contribution in [0.3, 0.4) is 0 Å². The Kier molecular flexibility index (Phi) is 4.10. The zero-order chi connectivity index (χ0) is 11.4. The molecular formula is C13H15ClO. The van der Waals surface area contributed by atoms with Crippen molar-refractivity contribution < 1.29 is 4.79 Å². The lowest BCUT2D eigenvalue weighted by molar-refractivity contribution is 0.101. The highest BCUT2D eigenvalue weighted by atomic mass is 35.5. The van der Waals surface area contributed by atoms with Crippen molar-refractivity contribution in [3.05, 3.63) is 40.4 Å². The van der Waals surface area contributed by atoms with E-state index in [9.17, 15) is 4.79 Å². The van der Waals surface area contributed by atoms with Crippen LogP contribution in [0.5, 0.6) is 0 Å². The van der Waals surface area contributed by atoms with Gasteiger partial charge in [-0.3, -0.25) is 4.79 Å². The molecule has 1 aromatic rings. The molecule has 1 rings (SSSR count). The summed E-state index contributed by atoms with van der Waals surface area (Å²) in [6.07, 6.45) is 4.01. The normalized spacial score (nSPS) is 11.3. The van der Waals surface area contributed by atoms with Crippen molar-refractivity contribution in [2.75, 3.05) is 0 Å². The quantitative estimate of drug-likeness (QED) is 0.701. The Morgan fingerprint density at radius 2 is 2.07 bits per heavy atom. The molecule has 0 N–H and O–H groups in total. The third-order valence-electron chi connectivity index (χ3n) is 2.05. The van der Waals surface area contributed by atoms with Gasteiger partial charge in [0.05, 0.1) is 0 Å². The van der Waals surface area contributed by atoms with Crippen LogP contribution >= 0.6 is 11.6 Å². The lowest BCUT2D eigenvalue weighted by atomic mass is 10.0. The smallest absolute Gasteiger partial charge is 0.160 e. The van der Waals surface area contributed by atoms with E-state index in [4.69, 9.17) is 11.6 Å². The molecule has 80 valence electrons. The number of carbonyl (C=O) groups is 1. The second kappa shape index (κ2) is 5.13. The van der Waals surface area contributed by atoms with E-state index in [1.54, 1.807) is 19.1 Å². The summed E-state index contributed by atoms with van der Waals surface area (Å²) >= 11 is 5.89. The molecule has 15 heavy (non-hydrogen) atoms. The molecule has 0 bridgehead atoms. The molecule has 1 aromatic carbocycles. The fraction of sp³-hybridized carbons (Fsp3) is 0.308. The van der Waals surface area contributed by atoms with Crippen LogP contribution in [-0.4, -0.2) is 5.78 Å². The van der Waals surface area contributed by atoms with Gasteiger partial charge < -0.3 is 0 Å². The number of Topliss-reactive ketones (excluding diaryl/α,β-unsaturated/α-hetero) is 1. The fourth-order valence-electron chi connectivity index (χ4n) is 1.29. The lowest BCUT2D eigenvalue weighted by Crippen LogP contribution is -1.95. The average molecular weight is 223 g/mol. The summed E-state index contributed by atoms with van der Waals surface area (Å²) in [6.45, 7) is 5.75. The van der Waals surface area contributed by atoms with Crippen molar-refractivity contribution >= 4 is 23.5 Å². The monoisotopic (exact) mass is 222 g/mol. The summed E-state index contributed by atoms with van der Waals surface area (Å²) in [4.78, 5) is 11.3. The first-order chi connectivity index (χ1) is 7.00. The Morgan fingerprint density at radius 3 is 2.60 bits per heavy atom. The molecule has 0 amide bonds. The van der Waals surface area contributed by atoms with Crippen molar-refractivity contribution in [3.8, 4) is 0 Å². The Labute approximate surface area is 95.8 Å². The van der Waals surface area contributed by atoms with Crippen LogP contribution < -0.4 is 0 Å². The van der Waals surface area contributed by atoms with Crippen LogP contribution in [0, 0.1) is 5.92 Å². The number of carbonyl (C=O) groups excluding carboxylic acids is 1. The van der Waals surface area contributed by atoms with Crippen molar-refractivity contribution in [1.29, 1.82) is 0 Å². The predicted molar refractivity (Wildman–Crippen MR) is 65.3 cm³/mol. The van der Waals surface area contributed by atoms with Gasteiger partial charge in [-0.2, -0.15) is 0 Å². The molecule has 0 aliphatic heterocycles. The van der Waals surface area contributed by atoms with Crippen LogP contribution in [0.25, 0.3) is 6.08 Å². The molecule has 0 unspecified atom stereocenters. The molecule has 0 heterocycles. The lowest BCUT2D eigenvalue weighted by Gasteiger charge is -2.03. The van der Waals surface area contributed by atoms with Gasteiger partial charge in [-0.15, -0.1) is 0 Å². The first-order valence-electron chi connectivity index (χ1n) is 4.99. The standard InChI is InChI=1S/C13H15ClO/c1-9(2)4-5-11-8-12(14)6-7-13(11)10(3)15/h4-9H,1-3H3/b5-4+. The Balaban J connectivity index is 3.13. The molecule has 0 spiro atoms. The maximum atomic E-state index is 11.3. The van der Waals surface area contributed by atoms with Gasteiger partial charge in [-0.25, -0.2) is 0 Å². The van der Waals surface area contributed by atoms with E-state index >= 15 is 0 Å². The highest BCUT2D eigenvalue weighted by Crippen LogP contribution is 2.18. The molecule has 2 heteroatoms. The molecular weight excluding hydrogens is 208 g/mol. The molecule has 0 aromatic heterocycles. The van der Waals surface area contributed by atoms with Gasteiger partial charge in [-0.1, -0.05) is 37.6 Å². The van der Waals surface area contributed by atoms with Gasteiger partial charge in [0.1, 0.15) is 0 Å². The molecule has 0 aliphatic rings. The predicted octanol–water partition coefficient (Wildman–Crippen LogP) is 4.21. The van der Waals surface area contributed by atoms with Gasteiger partial charge in [0.15, 0.2) is 5.78 Å². The SMILES string of the molecule is CC(=O)c1ccc(Cl)cc1/C=C/C(C)C. The van der Waals surface area contributed by atoms with Gasteiger partial charge in [0.2, 0.25) is 0 Å². The number of rotatable bonds is 3. The Morgan fingerprint density at radius 1 is 1.40 bits per heavy atom. The van der Waals surface area contributed by atoms with E-state index in [-0.39, 0.29) is 5.78 Å². The van der Waals surface area contributed by atoms with Gasteiger partial charge in [-0.05, 0) is 36.6 Å². The molecule has 0 radical (unpaired) electrons. The molecule has 0 fully saturated rings. The van der Waals surface area contributed by atoms with Crippen LogP contribution in [-0.2, 0) is 0 Å². The molecule has 0 atom stereocenters. The van der Waals surface area contributed by atoms with Gasteiger partial charge in [0.25, 0.3) is 0 Å². The summed E-state index contributed by atoms with van der Waals surface area (Å²) in [7, 11) is 0. The highest BCUT2D eigenvalue weighted by Gasteiger charge is 2.05. The fourth-order valence-corrected chi connectivity index (χ4v) is 1.47. The van der Waals surface area contributed by atoms with Crippen molar-refractivity contribution in [1.82, 2.24) is 0 Å². The maximum absolute atomic E-state index is 11.3. The van der Waals surface area contributed by atoms with E-state index in [1.807, 2.05) is 12.1 Å². The Bertz CT molecular complexity index is 392. The van der Waals surface area contributed by atoms with Gasteiger partial charge in [0, 0.05) is 10.6 Å². The number of halogens is 1. The van der Waals surface area contributed by atoms with E-state index in [2.05, 4.69) is 19.9 Å². The second-order valence-corrected chi connectivity index (χ2v) is 4.33. The number of benzene rings is 1. The van der Waals surface area contributed by atoms with Crippen molar-refractivity contribution in [2.45, 2.75) is 20.8 Å². The minimum atomic E-state index is 0.0649. The number of hydrogen-bond donors (Lipinski definition) is 0. The topological polar surface area (TPSA) is 17.1 Å². The highest BCUT2D eigenvalue weighted by molar-refractivity contribution is 6.30.